The van der Waals surface area contributed by atoms with Crippen LogP contribution < -0.4 is 0 Å². The zero-order valence-corrected chi connectivity index (χ0v) is 10.4. The van der Waals surface area contributed by atoms with Gasteiger partial charge in [-0.15, -0.1) is 0 Å². The standard InChI is InChI=1S/C16H17FO/c1-2-15(12-6-4-3-5-7-12)16(18)13-8-10-14(17)11-9-13/h3-11,15-16,18H,2H2,1H3. The average Bonchev–Trinajstić information content (AvgIpc) is 2.41. The Morgan fingerprint density at radius 3 is 2.11 bits per heavy atom. The minimum atomic E-state index is -0.599. The molecule has 0 spiro atoms. The highest BCUT2D eigenvalue weighted by Gasteiger charge is 2.20. The Labute approximate surface area is 107 Å². The van der Waals surface area contributed by atoms with E-state index in [9.17, 15) is 9.50 Å². The summed E-state index contributed by atoms with van der Waals surface area (Å²) >= 11 is 0. The molecule has 0 saturated carbocycles. The van der Waals surface area contributed by atoms with E-state index in [0.717, 1.165) is 17.5 Å². The maximum Gasteiger partial charge on any atom is 0.123 e. The van der Waals surface area contributed by atoms with Crippen LogP contribution in [0, 0.1) is 5.82 Å². The van der Waals surface area contributed by atoms with Gasteiger partial charge in [0.2, 0.25) is 0 Å². The molecule has 1 nitrogen and oxygen atoms in total. The van der Waals surface area contributed by atoms with E-state index in [4.69, 9.17) is 0 Å². The molecule has 0 bridgehead atoms. The van der Waals surface area contributed by atoms with Crippen LogP contribution in [-0.4, -0.2) is 5.11 Å². The van der Waals surface area contributed by atoms with Gasteiger partial charge in [-0.25, -0.2) is 4.39 Å². The lowest BCUT2D eigenvalue weighted by Gasteiger charge is -2.22. The maximum absolute atomic E-state index is 12.9. The first kappa shape index (κ1) is 12.8. The van der Waals surface area contributed by atoms with Crippen molar-refractivity contribution in [2.24, 2.45) is 0 Å². The zero-order valence-electron chi connectivity index (χ0n) is 10.4. The predicted octanol–water partition coefficient (Wildman–Crippen LogP) is 4.05. The van der Waals surface area contributed by atoms with Gasteiger partial charge in [-0.3, -0.25) is 0 Å². The number of benzene rings is 2. The summed E-state index contributed by atoms with van der Waals surface area (Å²) in [5.41, 5.74) is 1.86. The fourth-order valence-electron chi connectivity index (χ4n) is 2.23. The number of hydrogen-bond donors (Lipinski definition) is 1. The molecule has 2 heteroatoms. The molecule has 18 heavy (non-hydrogen) atoms. The molecule has 2 rings (SSSR count). The molecule has 0 fully saturated rings. The van der Waals surface area contributed by atoms with Crippen LogP contribution in [0.4, 0.5) is 4.39 Å². The van der Waals surface area contributed by atoms with E-state index in [1.807, 2.05) is 37.3 Å². The Bertz CT molecular complexity index is 478. The Kier molecular flexibility index (Phi) is 4.11. The van der Waals surface area contributed by atoms with Crippen LogP contribution in [0.1, 0.15) is 36.5 Å². The highest BCUT2D eigenvalue weighted by atomic mass is 19.1. The summed E-state index contributed by atoms with van der Waals surface area (Å²) < 4.78 is 12.9. The second kappa shape index (κ2) is 5.78. The van der Waals surface area contributed by atoms with Crippen molar-refractivity contribution in [1.82, 2.24) is 0 Å². The first-order valence-electron chi connectivity index (χ1n) is 6.21. The molecule has 2 aromatic rings. The second-order valence-electron chi connectivity index (χ2n) is 4.42. The van der Waals surface area contributed by atoms with Gasteiger partial charge in [0, 0.05) is 5.92 Å². The van der Waals surface area contributed by atoms with Crippen molar-refractivity contribution >= 4 is 0 Å². The van der Waals surface area contributed by atoms with Crippen LogP contribution in [0.15, 0.2) is 54.6 Å². The van der Waals surface area contributed by atoms with Crippen LogP contribution in [-0.2, 0) is 0 Å². The van der Waals surface area contributed by atoms with Crippen LogP contribution in [0.3, 0.4) is 0 Å². The summed E-state index contributed by atoms with van der Waals surface area (Å²) in [5.74, 6) is -0.240. The van der Waals surface area contributed by atoms with Crippen molar-refractivity contribution in [3.05, 3.63) is 71.5 Å². The maximum atomic E-state index is 12.9. The van der Waals surface area contributed by atoms with E-state index in [1.54, 1.807) is 12.1 Å². The summed E-state index contributed by atoms with van der Waals surface area (Å²) in [7, 11) is 0. The highest BCUT2D eigenvalue weighted by Crippen LogP contribution is 2.33. The van der Waals surface area contributed by atoms with Gasteiger partial charge in [-0.2, -0.15) is 0 Å². The summed E-state index contributed by atoms with van der Waals surface area (Å²) in [5, 5.41) is 10.4. The molecule has 0 heterocycles. The Hall–Kier alpha value is -1.67. The summed E-state index contributed by atoms with van der Waals surface area (Å²) in [6.07, 6.45) is 0.237. The topological polar surface area (TPSA) is 20.2 Å². The summed E-state index contributed by atoms with van der Waals surface area (Å²) in [6, 6.07) is 16.0. The highest BCUT2D eigenvalue weighted by molar-refractivity contribution is 5.26. The minimum absolute atomic E-state index is 0.0386. The number of hydrogen-bond acceptors (Lipinski definition) is 1. The third-order valence-corrected chi connectivity index (χ3v) is 3.26. The average molecular weight is 244 g/mol. The van der Waals surface area contributed by atoms with Gasteiger partial charge in [0.1, 0.15) is 5.82 Å². The van der Waals surface area contributed by atoms with Crippen molar-refractivity contribution in [2.75, 3.05) is 0 Å². The molecule has 0 aliphatic carbocycles. The molecule has 0 radical (unpaired) electrons. The molecule has 0 aliphatic rings. The van der Waals surface area contributed by atoms with E-state index < -0.39 is 6.10 Å². The Morgan fingerprint density at radius 1 is 0.944 bits per heavy atom. The van der Waals surface area contributed by atoms with Gasteiger partial charge in [0.05, 0.1) is 6.10 Å². The largest absolute Gasteiger partial charge is 0.388 e. The van der Waals surface area contributed by atoms with Crippen molar-refractivity contribution in [3.8, 4) is 0 Å². The summed E-state index contributed by atoms with van der Waals surface area (Å²) in [4.78, 5) is 0. The molecule has 2 atom stereocenters. The van der Waals surface area contributed by atoms with Gasteiger partial charge in [-0.1, -0.05) is 49.4 Å². The van der Waals surface area contributed by atoms with E-state index in [-0.39, 0.29) is 11.7 Å². The number of aliphatic hydroxyl groups excluding tert-OH is 1. The quantitative estimate of drug-likeness (QED) is 0.860. The fourth-order valence-corrected chi connectivity index (χ4v) is 2.23. The van der Waals surface area contributed by atoms with Gasteiger partial charge in [0.15, 0.2) is 0 Å². The fraction of sp³-hybridized carbons (Fsp3) is 0.250. The number of halogens is 1. The van der Waals surface area contributed by atoms with Crippen LogP contribution in [0.2, 0.25) is 0 Å². The molecule has 0 amide bonds. The van der Waals surface area contributed by atoms with Crippen LogP contribution in [0.25, 0.3) is 0 Å². The summed E-state index contributed by atoms with van der Waals surface area (Å²) in [6.45, 7) is 2.05. The molecular weight excluding hydrogens is 227 g/mol. The molecule has 2 aromatic carbocycles. The van der Waals surface area contributed by atoms with E-state index in [0.29, 0.717) is 0 Å². The van der Waals surface area contributed by atoms with Crippen LogP contribution in [0.5, 0.6) is 0 Å². The normalized spacial score (nSPS) is 14.2. The van der Waals surface area contributed by atoms with E-state index >= 15 is 0 Å². The molecule has 0 aliphatic heterocycles. The van der Waals surface area contributed by atoms with Gasteiger partial charge in [-0.05, 0) is 29.7 Å². The van der Waals surface area contributed by atoms with E-state index in [2.05, 4.69) is 0 Å². The molecule has 0 saturated heterocycles. The van der Waals surface area contributed by atoms with Gasteiger partial charge in [0.25, 0.3) is 0 Å². The molecule has 2 unspecified atom stereocenters. The Morgan fingerprint density at radius 2 is 1.56 bits per heavy atom. The lowest BCUT2D eigenvalue weighted by molar-refractivity contribution is 0.142. The first-order valence-corrected chi connectivity index (χ1v) is 6.21. The number of rotatable bonds is 4. The van der Waals surface area contributed by atoms with Gasteiger partial charge < -0.3 is 5.11 Å². The van der Waals surface area contributed by atoms with Crippen LogP contribution >= 0.6 is 0 Å². The SMILES string of the molecule is CCC(c1ccccc1)C(O)c1ccc(F)cc1. The number of aliphatic hydroxyl groups is 1. The molecule has 1 N–H and O–H groups in total. The van der Waals surface area contributed by atoms with Crippen molar-refractivity contribution in [2.45, 2.75) is 25.4 Å². The third kappa shape index (κ3) is 2.77. The van der Waals surface area contributed by atoms with Crippen molar-refractivity contribution in [1.29, 1.82) is 0 Å². The van der Waals surface area contributed by atoms with Gasteiger partial charge >= 0.3 is 0 Å². The Balaban J connectivity index is 2.25. The molecule has 0 aromatic heterocycles. The minimum Gasteiger partial charge on any atom is -0.388 e. The molecular formula is C16H17FO. The second-order valence-corrected chi connectivity index (χ2v) is 4.42. The predicted molar refractivity (Wildman–Crippen MR) is 70.8 cm³/mol. The smallest absolute Gasteiger partial charge is 0.123 e. The monoisotopic (exact) mass is 244 g/mol. The third-order valence-electron chi connectivity index (χ3n) is 3.26. The van der Waals surface area contributed by atoms with Crippen molar-refractivity contribution in [3.63, 3.8) is 0 Å². The van der Waals surface area contributed by atoms with E-state index in [1.165, 1.54) is 12.1 Å². The lowest BCUT2D eigenvalue weighted by Crippen LogP contribution is -2.10. The zero-order chi connectivity index (χ0) is 13.0. The molecule has 94 valence electrons. The lowest BCUT2D eigenvalue weighted by atomic mass is 9.87. The first-order chi connectivity index (χ1) is 8.72. The van der Waals surface area contributed by atoms with Crippen molar-refractivity contribution < 1.29 is 9.50 Å².